The van der Waals surface area contributed by atoms with E-state index < -0.39 is 0 Å². The second-order valence-corrected chi connectivity index (χ2v) is 15.7. The maximum Gasteiger partial charge on any atom is 0.135 e. The first-order valence-electron chi connectivity index (χ1n) is 12.9. The number of H-pyrrole nitrogens is 1. The van der Waals surface area contributed by atoms with Gasteiger partial charge in [0.05, 0.1) is 4.08 Å². The van der Waals surface area contributed by atoms with Crippen molar-refractivity contribution in [1.82, 2.24) is 4.98 Å². The molecule has 1 nitrogen and oxygen atoms in total. The summed E-state index contributed by atoms with van der Waals surface area (Å²) in [6, 6.07) is 29.6. The summed E-state index contributed by atoms with van der Waals surface area (Å²) < 4.78 is -0.154. The Hall–Kier alpha value is -1.66. The summed E-state index contributed by atoms with van der Waals surface area (Å²) in [4.78, 5) is 9.47. The van der Waals surface area contributed by atoms with Crippen LogP contribution >= 0.6 is 47.0 Å². The van der Waals surface area contributed by atoms with E-state index >= 15 is 0 Å². The molecule has 0 radical (unpaired) electrons. The molecular weight excluding hydrogens is 515 g/mol. The van der Waals surface area contributed by atoms with Crippen molar-refractivity contribution in [2.45, 2.75) is 66.8 Å². The van der Waals surface area contributed by atoms with E-state index in [1.165, 1.54) is 74.1 Å². The molecule has 3 aliphatic rings. The average molecular weight is 544 g/mol. The minimum Gasteiger partial charge on any atom is -0.362 e. The molecule has 7 rings (SSSR count). The van der Waals surface area contributed by atoms with Crippen molar-refractivity contribution in [2.75, 3.05) is 0 Å². The summed E-state index contributed by atoms with van der Waals surface area (Å²) in [7, 11) is 0. The predicted molar refractivity (Wildman–Crippen MR) is 157 cm³/mol. The van der Waals surface area contributed by atoms with Crippen LogP contribution in [0.3, 0.4) is 0 Å². The summed E-state index contributed by atoms with van der Waals surface area (Å²) in [5.74, 6) is 0.689. The fraction of sp³-hybridized carbons (Fsp3) is 0.290. The monoisotopic (exact) mass is 543 g/mol. The molecule has 3 heterocycles. The van der Waals surface area contributed by atoms with E-state index in [1.807, 2.05) is 23.5 Å². The van der Waals surface area contributed by atoms with Gasteiger partial charge in [-0.2, -0.15) is 0 Å². The van der Waals surface area contributed by atoms with Gasteiger partial charge in [0, 0.05) is 31.5 Å². The molecule has 0 amide bonds. The smallest absolute Gasteiger partial charge is 0.135 e. The average Bonchev–Trinajstić information content (AvgIpc) is 3.65. The molecule has 2 aliphatic heterocycles. The molecule has 182 valence electrons. The number of rotatable bonds is 4. The van der Waals surface area contributed by atoms with Crippen LogP contribution in [0.15, 0.2) is 105 Å². The number of nitrogens with one attached hydrogen (secondary N) is 1. The molecule has 0 saturated heterocycles. The van der Waals surface area contributed by atoms with E-state index in [2.05, 4.69) is 120 Å². The van der Waals surface area contributed by atoms with Crippen LogP contribution in [0.5, 0.6) is 0 Å². The van der Waals surface area contributed by atoms with Crippen molar-refractivity contribution in [3.63, 3.8) is 0 Å². The van der Waals surface area contributed by atoms with Crippen molar-refractivity contribution in [2.24, 2.45) is 5.92 Å². The van der Waals surface area contributed by atoms with E-state index in [1.54, 1.807) is 0 Å². The van der Waals surface area contributed by atoms with Crippen LogP contribution in [-0.4, -0.2) is 4.98 Å². The molecule has 3 aromatic carbocycles. The van der Waals surface area contributed by atoms with Crippen LogP contribution in [-0.2, 0) is 8.16 Å². The zero-order valence-corrected chi connectivity index (χ0v) is 23.6. The third-order valence-corrected chi connectivity index (χ3v) is 14.5. The van der Waals surface area contributed by atoms with Gasteiger partial charge in [0.25, 0.3) is 0 Å². The second-order valence-electron chi connectivity index (χ2n) is 10.1. The Morgan fingerprint density at radius 3 is 1.81 bits per heavy atom. The van der Waals surface area contributed by atoms with E-state index in [9.17, 15) is 0 Å². The molecule has 0 unspecified atom stereocenters. The van der Waals surface area contributed by atoms with E-state index in [0.29, 0.717) is 5.92 Å². The van der Waals surface area contributed by atoms with Gasteiger partial charge in [0.2, 0.25) is 0 Å². The molecule has 1 aromatic heterocycles. The summed E-state index contributed by atoms with van der Waals surface area (Å²) in [6.45, 7) is 2.17. The van der Waals surface area contributed by atoms with Crippen molar-refractivity contribution in [3.05, 3.63) is 107 Å². The summed E-state index contributed by atoms with van der Waals surface area (Å²) >= 11 is 8.21. The molecule has 5 heteroatoms. The zero-order chi connectivity index (χ0) is 24.2. The highest BCUT2D eigenvalue weighted by molar-refractivity contribution is 8.20. The number of hydrogen-bond donors (Lipinski definition) is 1. The van der Waals surface area contributed by atoms with Crippen LogP contribution < -0.4 is 0 Å². The van der Waals surface area contributed by atoms with Crippen LogP contribution in [0, 0.1) is 12.8 Å². The number of aryl methyl sites for hydroxylation is 1. The van der Waals surface area contributed by atoms with Crippen molar-refractivity contribution in [3.8, 4) is 0 Å². The lowest BCUT2D eigenvalue weighted by atomic mass is 9.84. The quantitative estimate of drug-likeness (QED) is 0.275. The molecule has 0 spiro atoms. The third kappa shape index (κ3) is 3.81. The van der Waals surface area contributed by atoms with Crippen molar-refractivity contribution in [1.29, 1.82) is 0 Å². The molecule has 36 heavy (non-hydrogen) atoms. The summed E-state index contributed by atoms with van der Waals surface area (Å²) in [5.41, 5.74) is 5.42. The fourth-order valence-electron chi connectivity index (χ4n) is 5.86. The Morgan fingerprint density at radius 2 is 1.22 bits per heavy atom. The van der Waals surface area contributed by atoms with Gasteiger partial charge in [-0.3, -0.25) is 0 Å². The Labute approximate surface area is 231 Å². The maximum atomic E-state index is 3.84. The second kappa shape index (κ2) is 9.27. The molecule has 1 fully saturated rings. The van der Waals surface area contributed by atoms with Crippen LogP contribution in [0.2, 0.25) is 0 Å². The van der Waals surface area contributed by atoms with Crippen LogP contribution in [0.1, 0.15) is 54.5 Å². The number of aromatic nitrogens is 1. The topological polar surface area (TPSA) is 15.8 Å². The molecule has 1 saturated carbocycles. The minimum atomic E-state index is -0.204. The predicted octanol–water partition coefficient (Wildman–Crippen LogP) is 10.1. The van der Waals surface area contributed by atoms with Crippen LogP contribution in [0.4, 0.5) is 0 Å². The van der Waals surface area contributed by atoms with Crippen molar-refractivity contribution < 1.29 is 0 Å². The minimum absolute atomic E-state index is 0.0497. The van der Waals surface area contributed by atoms with Gasteiger partial charge >= 0.3 is 0 Å². The molecule has 1 aliphatic carbocycles. The normalized spacial score (nSPS) is 20.2. The number of benzene rings is 3. The number of aromatic amines is 1. The largest absolute Gasteiger partial charge is 0.362 e. The first kappa shape index (κ1) is 23.5. The zero-order valence-electron chi connectivity index (χ0n) is 20.3. The van der Waals surface area contributed by atoms with Gasteiger partial charge in [-0.1, -0.05) is 96.9 Å². The molecule has 1 N–H and O–H groups in total. The summed E-state index contributed by atoms with van der Waals surface area (Å²) in [5, 5.41) is 0. The Kier molecular flexibility index (Phi) is 6.04. The van der Waals surface area contributed by atoms with Crippen molar-refractivity contribution >= 4 is 47.0 Å². The van der Waals surface area contributed by atoms with Gasteiger partial charge < -0.3 is 4.98 Å². The Balaban J connectivity index is 1.34. The molecule has 0 atom stereocenters. The molecular formula is C31H29NS4. The van der Waals surface area contributed by atoms with E-state index in [4.69, 9.17) is 0 Å². The lowest BCUT2D eigenvalue weighted by molar-refractivity contribution is 0.336. The van der Waals surface area contributed by atoms with Gasteiger partial charge in [-0.25, -0.2) is 0 Å². The molecule has 4 aromatic rings. The number of thioether (sulfide) groups is 4. The fourth-order valence-corrected chi connectivity index (χ4v) is 12.5. The first-order chi connectivity index (χ1) is 17.7. The van der Waals surface area contributed by atoms with E-state index in [0.717, 1.165) is 0 Å². The lowest BCUT2D eigenvalue weighted by Crippen LogP contribution is -2.28. The lowest BCUT2D eigenvalue weighted by Gasteiger charge is -2.38. The standard InChI is InChI=1S/C31H29NS4/c1-21-15-17-23(18-16-21)31(35-27-13-7-8-14-28(27)36-31)29-19-24(20-32-29)30(22-9-3-2-4-10-22)33-25-11-5-6-12-26(25)34-30/h5-8,11-20,22,32H,2-4,9-10H2,1H3. The number of hydrogen-bond acceptors (Lipinski definition) is 4. The van der Waals surface area contributed by atoms with Gasteiger partial charge in [0.1, 0.15) is 4.08 Å². The maximum absolute atomic E-state index is 3.84. The van der Waals surface area contributed by atoms with Gasteiger partial charge in [-0.15, -0.1) is 23.5 Å². The third-order valence-electron chi connectivity index (χ3n) is 7.74. The molecule has 0 bridgehead atoms. The van der Waals surface area contributed by atoms with E-state index in [-0.39, 0.29) is 8.16 Å². The Morgan fingerprint density at radius 1 is 0.667 bits per heavy atom. The Bertz CT molecular complexity index is 1350. The first-order valence-corrected chi connectivity index (χ1v) is 16.1. The highest BCUT2D eigenvalue weighted by Crippen LogP contribution is 2.68. The highest BCUT2D eigenvalue weighted by atomic mass is 32.2. The number of fused-ring (bicyclic) bond motifs is 2. The van der Waals surface area contributed by atoms with Gasteiger partial charge in [0.15, 0.2) is 0 Å². The SMILES string of the molecule is Cc1ccc(C2(c3cc(C4(C5CCCCC5)Sc5ccccc5S4)c[nH]3)Sc3ccccc3S2)cc1. The van der Waals surface area contributed by atoms with Gasteiger partial charge in [-0.05, 0) is 67.1 Å². The summed E-state index contributed by atoms with van der Waals surface area (Å²) in [6.07, 6.45) is 9.09. The highest BCUT2D eigenvalue weighted by Gasteiger charge is 2.50. The van der Waals surface area contributed by atoms with Crippen LogP contribution in [0.25, 0.3) is 0 Å².